The zero-order chi connectivity index (χ0) is 18.0. The number of likely N-dealkylation sites (tertiary alicyclic amines) is 1. The summed E-state index contributed by atoms with van der Waals surface area (Å²) in [6.45, 7) is 5.74. The summed E-state index contributed by atoms with van der Waals surface area (Å²) in [7, 11) is 0. The fourth-order valence-corrected chi connectivity index (χ4v) is 4.06. The van der Waals surface area contributed by atoms with Crippen LogP contribution in [0, 0.1) is 0 Å². The van der Waals surface area contributed by atoms with Crippen LogP contribution in [0.15, 0.2) is 17.5 Å². The van der Waals surface area contributed by atoms with Gasteiger partial charge in [0.1, 0.15) is 12.1 Å². The van der Waals surface area contributed by atoms with Crippen molar-refractivity contribution in [2.45, 2.75) is 44.8 Å². The molecule has 0 saturated carbocycles. The van der Waals surface area contributed by atoms with E-state index in [1.54, 1.807) is 25.2 Å². The summed E-state index contributed by atoms with van der Waals surface area (Å²) in [4.78, 5) is 40.9. The van der Waals surface area contributed by atoms with Crippen molar-refractivity contribution in [1.82, 2.24) is 20.4 Å². The molecule has 0 spiro atoms. The van der Waals surface area contributed by atoms with Crippen molar-refractivity contribution < 1.29 is 14.4 Å². The van der Waals surface area contributed by atoms with Gasteiger partial charge in [0, 0.05) is 24.0 Å². The van der Waals surface area contributed by atoms with Crippen LogP contribution in [0.1, 0.15) is 31.6 Å². The molecule has 2 fully saturated rings. The summed E-state index contributed by atoms with van der Waals surface area (Å²) in [5.41, 5.74) is -0.945. The van der Waals surface area contributed by atoms with Gasteiger partial charge in [0.2, 0.25) is 5.91 Å². The molecule has 2 aliphatic rings. The number of thiophene rings is 1. The van der Waals surface area contributed by atoms with Crippen LogP contribution in [0.4, 0.5) is 4.79 Å². The van der Waals surface area contributed by atoms with Crippen LogP contribution >= 0.6 is 11.3 Å². The Morgan fingerprint density at radius 3 is 2.88 bits per heavy atom. The third-order valence-corrected chi connectivity index (χ3v) is 5.44. The van der Waals surface area contributed by atoms with E-state index in [1.165, 1.54) is 4.88 Å². The second-order valence-electron chi connectivity index (χ2n) is 7.17. The quantitative estimate of drug-likeness (QED) is 0.768. The number of hydrogen-bond acceptors (Lipinski definition) is 5. The van der Waals surface area contributed by atoms with Gasteiger partial charge in [-0.2, -0.15) is 0 Å². The Morgan fingerprint density at radius 2 is 2.24 bits per heavy atom. The summed E-state index contributed by atoms with van der Waals surface area (Å²) in [6, 6.07) is 3.71. The van der Waals surface area contributed by atoms with Crippen LogP contribution in [-0.2, 0) is 16.1 Å². The van der Waals surface area contributed by atoms with Crippen LogP contribution in [-0.4, -0.2) is 58.9 Å². The lowest BCUT2D eigenvalue weighted by Gasteiger charge is -2.33. The fourth-order valence-electron chi connectivity index (χ4n) is 3.32. The van der Waals surface area contributed by atoms with Crippen LogP contribution < -0.4 is 10.6 Å². The lowest BCUT2D eigenvalue weighted by Crippen LogP contribution is -2.50. The third kappa shape index (κ3) is 4.19. The first-order valence-corrected chi connectivity index (χ1v) is 9.41. The standard InChI is InChI=1S/C17H24N4O3S/c1-17(2)15(23)21(16(24)19-17)11-14(22)18-12-5-3-7-20(9-12)10-13-6-4-8-25-13/h4,6,8,12H,3,5,7,9-11H2,1-2H3,(H,18,22)(H,19,24). The largest absolute Gasteiger partial charge is 0.351 e. The number of nitrogens with zero attached hydrogens (tertiary/aromatic N) is 2. The first kappa shape index (κ1) is 17.9. The molecule has 25 heavy (non-hydrogen) atoms. The molecule has 0 radical (unpaired) electrons. The molecule has 4 amide bonds. The molecule has 3 rings (SSSR count). The van der Waals surface area contributed by atoms with E-state index in [0.29, 0.717) is 0 Å². The molecule has 0 aromatic carbocycles. The average Bonchev–Trinajstić information content (AvgIpc) is 3.10. The monoisotopic (exact) mass is 364 g/mol. The van der Waals surface area contributed by atoms with Gasteiger partial charge in [-0.05, 0) is 44.7 Å². The maximum atomic E-state index is 12.3. The Balaban J connectivity index is 1.51. The van der Waals surface area contributed by atoms with Crippen LogP contribution in [0.25, 0.3) is 0 Å². The highest BCUT2D eigenvalue weighted by Gasteiger charge is 2.45. The number of nitrogens with one attached hydrogen (secondary N) is 2. The van der Waals surface area contributed by atoms with Gasteiger partial charge < -0.3 is 10.6 Å². The number of carbonyl (C=O) groups excluding carboxylic acids is 3. The van der Waals surface area contributed by atoms with Gasteiger partial charge >= 0.3 is 6.03 Å². The Hall–Kier alpha value is -1.93. The number of imide groups is 1. The maximum absolute atomic E-state index is 12.3. The maximum Gasteiger partial charge on any atom is 0.325 e. The number of carbonyl (C=O) groups is 3. The van der Waals surface area contributed by atoms with E-state index in [1.807, 2.05) is 6.07 Å². The van der Waals surface area contributed by atoms with Crippen molar-refractivity contribution in [2.75, 3.05) is 19.6 Å². The minimum atomic E-state index is -0.945. The van der Waals surface area contributed by atoms with E-state index in [2.05, 4.69) is 27.0 Å². The van der Waals surface area contributed by atoms with Gasteiger partial charge in [-0.15, -0.1) is 11.3 Å². The summed E-state index contributed by atoms with van der Waals surface area (Å²) in [5, 5.41) is 7.62. The molecule has 1 aromatic heterocycles. The number of hydrogen-bond donors (Lipinski definition) is 2. The molecular formula is C17H24N4O3S. The van der Waals surface area contributed by atoms with E-state index in [-0.39, 0.29) is 24.4 Å². The Bertz CT molecular complexity index is 659. The Morgan fingerprint density at radius 1 is 1.44 bits per heavy atom. The summed E-state index contributed by atoms with van der Waals surface area (Å²) < 4.78 is 0. The van der Waals surface area contributed by atoms with Gasteiger partial charge in [0.25, 0.3) is 5.91 Å². The van der Waals surface area contributed by atoms with E-state index >= 15 is 0 Å². The first-order valence-electron chi connectivity index (χ1n) is 8.53. The summed E-state index contributed by atoms with van der Waals surface area (Å²) in [6.07, 6.45) is 1.94. The van der Waals surface area contributed by atoms with Gasteiger partial charge in [0.15, 0.2) is 0 Å². The first-order chi connectivity index (χ1) is 11.8. The van der Waals surface area contributed by atoms with E-state index in [4.69, 9.17) is 0 Å². The highest BCUT2D eigenvalue weighted by Crippen LogP contribution is 2.18. The third-order valence-electron chi connectivity index (χ3n) is 4.58. The molecule has 3 heterocycles. The van der Waals surface area contributed by atoms with Gasteiger partial charge in [-0.3, -0.25) is 19.4 Å². The van der Waals surface area contributed by atoms with Crippen LogP contribution in [0.3, 0.4) is 0 Å². The van der Waals surface area contributed by atoms with Crippen molar-refractivity contribution in [3.63, 3.8) is 0 Å². The van der Waals surface area contributed by atoms with Crippen LogP contribution in [0.5, 0.6) is 0 Å². The number of amides is 4. The molecule has 1 atom stereocenters. The molecule has 1 unspecified atom stereocenters. The molecule has 136 valence electrons. The van der Waals surface area contributed by atoms with Gasteiger partial charge in [-0.1, -0.05) is 6.07 Å². The van der Waals surface area contributed by atoms with Gasteiger partial charge in [-0.25, -0.2) is 4.79 Å². The molecule has 2 aliphatic heterocycles. The topological polar surface area (TPSA) is 81.8 Å². The van der Waals surface area contributed by atoms with Gasteiger partial charge in [0.05, 0.1) is 0 Å². The second kappa shape index (κ2) is 7.13. The minimum absolute atomic E-state index is 0.0509. The predicted molar refractivity (Wildman–Crippen MR) is 95.1 cm³/mol. The van der Waals surface area contributed by atoms with E-state index < -0.39 is 11.6 Å². The highest BCUT2D eigenvalue weighted by atomic mass is 32.1. The van der Waals surface area contributed by atoms with E-state index in [9.17, 15) is 14.4 Å². The molecule has 2 N–H and O–H groups in total. The molecule has 1 aromatic rings. The lowest BCUT2D eigenvalue weighted by molar-refractivity contribution is -0.134. The summed E-state index contributed by atoms with van der Waals surface area (Å²) >= 11 is 1.74. The van der Waals surface area contributed by atoms with Crippen molar-refractivity contribution in [3.8, 4) is 0 Å². The van der Waals surface area contributed by atoms with Crippen molar-refractivity contribution >= 4 is 29.2 Å². The van der Waals surface area contributed by atoms with Crippen molar-refractivity contribution in [2.24, 2.45) is 0 Å². The highest BCUT2D eigenvalue weighted by molar-refractivity contribution is 7.09. The Labute approximate surface area is 151 Å². The zero-order valence-corrected chi connectivity index (χ0v) is 15.4. The number of piperidine rings is 1. The van der Waals surface area contributed by atoms with Crippen LogP contribution in [0.2, 0.25) is 0 Å². The number of urea groups is 1. The molecule has 7 nitrogen and oxygen atoms in total. The normalized spacial score (nSPS) is 23.6. The minimum Gasteiger partial charge on any atom is -0.351 e. The lowest BCUT2D eigenvalue weighted by atomic mass is 10.1. The zero-order valence-electron chi connectivity index (χ0n) is 14.6. The smallest absolute Gasteiger partial charge is 0.325 e. The molecule has 2 saturated heterocycles. The van der Waals surface area contributed by atoms with Crippen molar-refractivity contribution in [1.29, 1.82) is 0 Å². The number of rotatable bonds is 5. The predicted octanol–water partition coefficient (Wildman–Crippen LogP) is 1.16. The van der Waals surface area contributed by atoms with E-state index in [0.717, 1.165) is 37.4 Å². The SMILES string of the molecule is CC1(C)NC(=O)N(CC(=O)NC2CCCN(Cc3cccs3)C2)C1=O. The molecule has 8 heteroatoms. The summed E-state index contributed by atoms with van der Waals surface area (Å²) in [5.74, 6) is -0.653. The molecule has 0 bridgehead atoms. The molecular weight excluding hydrogens is 340 g/mol. The van der Waals surface area contributed by atoms with Crippen molar-refractivity contribution in [3.05, 3.63) is 22.4 Å². The Kier molecular flexibility index (Phi) is 5.10. The fraction of sp³-hybridized carbons (Fsp3) is 0.588. The second-order valence-corrected chi connectivity index (χ2v) is 8.20. The molecule has 0 aliphatic carbocycles. The average molecular weight is 364 g/mol.